The molecule has 1 aromatic carbocycles. The van der Waals surface area contributed by atoms with E-state index in [9.17, 15) is 0 Å². The molecule has 1 saturated heterocycles. The molecule has 0 bridgehead atoms. The van der Waals surface area contributed by atoms with Crippen LogP contribution in [0.15, 0.2) is 43.0 Å². The van der Waals surface area contributed by atoms with Gasteiger partial charge in [0, 0.05) is 37.2 Å². The van der Waals surface area contributed by atoms with Crippen LogP contribution in [0, 0.1) is 12.3 Å². The Kier molecular flexibility index (Phi) is 5.60. The predicted octanol–water partition coefficient (Wildman–Crippen LogP) is 4.37. The van der Waals surface area contributed by atoms with Gasteiger partial charge in [-0.15, -0.1) is 0 Å². The van der Waals surface area contributed by atoms with Gasteiger partial charge in [0.05, 0.1) is 19.5 Å². The molecule has 3 rings (SSSR count). The first-order valence-electron chi connectivity index (χ1n) is 9.38. The van der Waals surface area contributed by atoms with Crippen LogP contribution in [0.4, 0.5) is 0 Å². The Morgan fingerprint density at radius 3 is 2.32 bits per heavy atom. The van der Waals surface area contributed by atoms with Crippen LogP contribution in [0.1, 0.15) is 44.2 Å². The van der Waals surface area contributed by atoms with Crippen LogP contribution in [0.3, 0.4) is 0 Å². The maximum absolute atomic E-state index is 6.44. The van der Waals surface area contributed by atoms with Gasteiger partial charge < -0.3 is 14.0 Å². The number of hydrogen-bond donors (Lipinski definition) is 0. The Balaban J connectivity index is 1.75. The highest BCUT2D eigenvalue weighted by molar-refractivity contribution is 5.22. The fraction of sp³-hybridized carbons (Fsp3) is 0.571. The van der Waals surface area contributed by atoms with E-state index in [-0.39, 0.29) is 5.41 Å². The minimum Gasteiger partial charge on any atom is -0.349 e. The highest BCUT2D eigenvalue weighted by atomic mass is 16.7. The lowest BCUT2D eigenvalue weighted by atomic mass is 9.82. The molecule has 2 aromatic rings. The molecule has 0 aliphatic carbocycles. The van der Waals surface area contributed by atoms with Crippen LogP contribution in [-0.4, -0.2) is 28.6 Å². The molecule has 1 aromatic heterocycles. The number of ether oxygens (including phenoxy) is 2. The molecule has 4 nitrogen and oxygen atoms in total. The zero-order chi connectivity index (χ0) is 17.8. The maximum Gasteiger partial charge on any atom is 0.174 e. The molecule has 1 aliphatic rings. The normalized spacial score (nSPS) is 19.0. The van der Waals surface area contributed by atoms with Gasteiger partial charge in [0.25, 0.3) is 0 Å². The lowest BCUT2D eigenvalue weighted by Gasteiger charge is -2.46. The fourth-order valence-electron chi connectivity index (χ4n) is 3.38. The molecule has 0 saturated carbocycles. The molecule has 25 heavy (non-hydrogen) atoms. The molecule has 0 unspecified atom stereocenters. The summed E-state index contributed by atoms with van der Waals surface area (Å²) < 4.78 is 15.0. The molecule has 0 radical (unpaired) electrons. The van der Waals surface area contributed by atoms with Crippen molar-refractivity contribution in [2.45, 2.75) is 58.8 Å². The standard InChI is InChI=1S/C21H30N2O2/c1-4-20(5-2)15-24-21(25-16-20,10-12-23-13-11-22-17-23)14-19-8-6-18(3)7-9-19/h6-9,11,13,17H,4-5,10,12,14-16H2,1-3H3. The van der Waals surface area contributed by atoms with E-state index in [0.29, 0.717) is 0 Å². The molecule has 1 aliphatic heterocycles. The average Bonchev–Trinajstić information content (AvgIpc) is 3.17. The summed E-state index contributed by atoms with van der Waals surface area (Å²) in [4.78, 5) is 4.13. The van der Waals surface area contributed by atoms with Gasteiger partial charge in [-0.05, 0) is 25.3 Å². The molecule has 136 valence electrons. The third kappa shape index (κ3) is 4.31. The van der Waals surface area contributed by atoms with E-state index in [4.69, 9.17) is 9.47 Å². The van der Waals surface area contributed by atoms with Crippen molar-refractivity contribution in [3.05, 3.63) is 54.1 Å². The minimum absolute atomic E-state index is 0.159. The number of aryl methyl sites for hydroxylation is 2. The highest BCUT2D eigenvalue weighted by Crippen LogP contribution is 2.38. The quantitative estimate of drug-likeness (QED) is 0.749. The van der Waals surface area contributed by atoms with Crippen molar-refractivity contribution >= 4 is 0 Å². The van der Waals surface area contributed by atoms with Crippen LogP contribution in [0.5, 0.6) is 0 Å². The first-order valence-corrected chi connectivity index (χ1v) is 9.38. The Hall–Kier alpha value is -1.65. The first-order chi connectivity index (χ1) is 12.1. The van der Waals surface area contributed by atoms with Gasteiger partial charge in [-0.2, -0.15) is 0 Å². The largest absolute Gasteiger partial charge is 0.349 e. The number of imidazole rings is 1. The Morgan fingerprint density at radius 2 is 1.76 bits per heavy atom. The molecule has 0 N–H and O–H groups in total. The van der Waals surface area contributed by atoms with Gasteiger partial charge in [-0.25, -0.2) is 4.98 Å². The van der Waals surface area contributed by atoms with Crippen LogP contribution >= 0.6 is 0 Å². The van der Waals surface area contributed by atoms with Gasteiger partial charge in [0.1, 0.15) is 0 Å². The van der Waals surface area contributed by atoms with Crippen molar-refractivity contribution in [1.82, 2.24) is 9.55 Å². The van der Waals surface area contributed by atoms with Gasteiger partial charge in [0.2, 0.25) is 0 Å². The SMILES string of the molecule is CCC1(CC)COC(CCn2ccnc2)(Cc2ccc(C)cc2)OC1. The summed E-state index contributed by atoms with van der Waals surface area (Å²) in [6.07, 6.45) is 9.44. The van der Waals surface area contributed by atoms with Crippen molar-refractivity contribution in [2.75, 3.05) is 13.2 Å². The third-order valence-corrected chi connectivity index (χ3v) is 5.69. The van der Waals surface area contributed by atoms with Gasteiger partial charge in [-0.3, -0.25) is 0 Å². The zero-order valence-electron chi connectivity index (χ0n) is 15.7. The number of benzene rings is 1. The smallest absolute Gasteiger partial charge is 0.174 e. The Labute approximate surface area is 151 Å². The van der Waals surface area contributed by atoms with Gasteiger partial charge in [-0.1, -0.05) is 43.7 Å². The van der Waals surface area contributed by atoms with Gasteiger partial charge >= 0.3 is 0 Å². The lowest BCUT2D eigenvalue weighted by Crippen LogP contribution is -2.51. The second kappa shape index (κ2) is 7.71. The van der Waals surface area contributed by atoms with E-state index in [1.807, 2.05) is 18.7 Å². The Bertz CT molecular complexity index is 635. The predicted molar refractivity (Wildman–Crippen MR) is 99.4 cm³/mol. The second-order valence-electron chi connectivity index (χ2n) is 7.41. The van der Waals surface area contributed by atoms with Crippen LogP contribution in [0.25, 0.3) is 0 Å². The van der Waals surface area contributed by atoms with Crippen LogP contribution in [-0.2, 0) is 22.4 Å². The van der Waals surface area contributed by atoms with E-state index in [0.717, 1.165) is 45.4 Å². The third-order valence-electron chi connectivity index (χ3n) is 5.69. The van der Waals surface area contributed by atoms with Crippen LogP contribution in [0.2, 0.25) is 0 Å². The summed E-state index contributed by atoms with van der Waals surface area (Å²) in [5.74, 6) is -0.548. The van der Waals surface area contributed by atoms with Crippen molar-refractivity contribution < 1.29 is 9.47 Å². The van der Waals surface area contributed by atoms with Crippen molar-refractivity contribution in [3.63, 3.8) is 0 Å². The summed E-state index contributed by atoms with van der Waals surface area (Å²) in [5.41, 5.74) is 2.70. The average molecular weight is 342 g/mol. The Morgan fingerprint density at radius 1 is 1.08 bits per heavy atom. The van der Waals surface area contributed by atoms with E-state index >= 15 is 0 Å². The fourth-order valence-corrected chi connectivity index (χ4v) is 3.38. The van der Waals surface area contributed by atoms with E-state index in [2.05, 4.69) is 54.6 Å². The second-order valence-corrected chi connectivity index (χ2v) is 7.41. The van der Waals surface area contributed by atoms with Gasteiger partial charge in [0.15, 0.2) is 5.79 Å². The molecular weight excluding hydrogens is 312 g/mol. The molecule has 0 spiro atoms. The molecule has 0 amide bonds. The summed E-state index contributed by atoms with van der Waals surface area (Å²) in [5, 5.41) is 0. The number of rotatable bonds is 7. The van der Waals surface area contributed by atoms with Crippen molar-refractivity contribution in [2.24, 2.45) is 5.41 Å². The summed E-state index contributed by atoms with van der Waals surface area (Å²) in [7, 11) is 0. The molecule has 2 heterocycles. The summed E-state index contributed by atoms with van der Waals surface area (Å²) >= 11 is 0. The first kappa shape index (κ1) is 18.2. The zero-order valence-corrected chi connectivity index (χ0v) is 15.7. The molecule has 0 atom stereocenters. The highest BCUT2D eigenvalue weighted by Gasteiger charge is 2.43. The summed E-state index contributed by atoms with van der Waals surface area (Å²) in [6.45, 7) is 8.97. The van der Waals surface area contributed by atoms with Crippen molar-refractivity contribution in [1.29, 1.82) is 0 Å². The van der Waals surface area contributed by atoms with E-state index < -0.39 is 5.79 Å². The van der Waals surface area contributed by atoms with E-state index in [1.165, 1.54) is 11.1 Å². The molecule has 1 fully saturated rings. The molecule has 4 heteroatoms. The molecular formula is C21H30N2O2. The number of nitrogens with zero attached hydrogens (tertiary/aromatic N) is 2. The van der Waals surface area contributed by atoms with Crippen LogP contribution < -0.4 is 0 Å². The van der Waals surface area contributed by atoms with E-state index in [1.54, 1.807) is 0 Å². The minimum atomic E-state index is -0.548. The lowest BCUT2D eigenvalue weighted by molar-refractivity contribution is -0.308. The number of aromatic nitrogens is 2. The topological polar surface area (TPSA) is 36.3 Å². The number of hydrogen-bond acceptors (Lipinski definition) is 3. The maximum atomic E-state index is 6.44. The summed E-state index contributed by atoms with van der Waals surface area (Å²) in [6, 6.07) is 8.68. The van der Waals surface area contributed by atoms with Crippen molar-refractivity contribution in [3.8, 4) is 0 Å². The monoisotopic (exact) mass is 342 g/mol.